The molecule has 0 unspecified atom stereocenters. The maximum absolute atomic E-state index is 11.6. The van der Waals surface area contributed by atoms with Crippen LogP contribution in [0.4, 0.5) is 4.79 Å². The summed E-state index contributed by atoms with van der Waals surface area (Å²) in [6.07, 6.45) is 0.179. The Hall–Kier alpha value is -2.30. The number of carbonyl (C=O) groups is 1. The molecule has 5 heteroatoms. The molecule has 0 atom stereocenters. The summed E-state index contributed by atoms with van der Waals surface area (Å²) in [5, 5.41) is 2.72. The molecule has 0 aliphatic heterocycles. The van der Waals surface area contributed by atoms with Gasteiger partial charge in [-0.05, 0) is 39.8 Å². The van der Waals surface area contributed by atoms with Crippen molar-refractivity contribution in [2.75, 3.05) is 6.54 Å². The van der Waals surface area contributed by atoms with Gasteiger partial charge in [0.25, 0.3) is 0 Å². The van der Waals surface area contributed by atoms with Crippen molar-refractivity contribution in [2.24, 2.45) is 0 Å². The quantitative estimate of drug-likeness (QED) is 0.935. The van der Waals surface area contributed by atoms with E-state index in [2.05, 4.69) is 10.3 Å². The van der Waals surface area contributed by atoms with Crippen LogP contribution >= 0.6 is 0 Å². The molecule has 0 saturated carbocycles. The van der Waals surface area contributed by atoms with E-state index in [1.54, 1.807) is 0 Å². The Morgan fingerprint density at radius 3 is 2.59 bits per heavy atom. The molecule has 118 valence electrons. The van der Waals surface area contributed by atoms with Gasteiger partial charge in [0.05, 0.1) is 5.69 Å². The predicted octanol–water partition coefficient (Wildman–Crippen LogP) is 3.72. The van der Waals surface area contributed by atoms with E-state index in [0.29, 0.717) is 18.9 Å². The second-order valence-corrected chi connectivity index (χ2v) is 6.07. The first-order chi connectivity index (χ1) is 10.3. The van der Waals surface area contributed by atoms with Crippen molar-refractivity contribution in [3.05, 3.63) is 41.8 Å². The van der Waals surface area contributed by atoms with Gasteiger partial charge < -0.3 is 14.5 Å². The highest BCUT2D eigenvalue weighted by Crippen LogP contribution is 2.21. The molecule has 1 heterocycles. The highest BCUT2D eigenvalue weighted by Gasteiger charge is 2.16. The number of amides is 1. The number of alkyl carbamates (subject to hydrolysis) is 1. The van der Waals surface area contributed by atoms with Crippen molar-refractivity contribution < 1.29 is 13.9 Å². The first-order valence-corrected chi connectivity index (χ1v) is 7.34. The average molecular weight is 302 g/mol. The monoisotopic (exact) mass is 302 g/mol. The van der Waals surface area contributed by atoms with E-state index in [1.165, 1.54) is 0 Å². The summed E-state index contributed by atoms with van der Waals surface area (Å²) < 4.78 is 10.9. The number of oxazole rings is 1. The maximum Gasteiger partial charge on any atom is 0.407 e. The first kappa shape index (κ1) is 16.1. The lowest BCUT2D eigenvalue weighted by atomic mass is 10.2. The van der Waals surface area contributed by atoms with Gasteiger partial charge in [0.2, 0.25) is 5.89 Å². The Kier molecular flexibility index (Phi) is 4.85. The van der Waals surface area contributed by atoms with Gasteiger partial charge in [-0.1, -0.05) is 18.2 Å². The van der Waals surface area contributed by atoms with Crippen molar-refractivity contribution >= 4 is 6.09 Å². The number of carbonyl (C=O) groups excluding carboxylic acids is 1. The van der Waals surface area contributed by atoms with Gasteiger partial charge in [-0.3, -0.25) is 0 Å². The minimum absolute atomic E-state index is 0.420. The lowest BCUT2D eigenvalue weighted by Gasteiger charge is -2.19. The van der Waals surface area contributed by atoms with Gasteiger partial charge in [-0.2, -0.15) is 0 Å². The summed E-state index contributed by atoms with van der Waals surface area (Å²) in [5.74, 6) is 1.37. The molecule has 0 radical (unpaired) electrons. The zero-order valence-corrected chi connectivity index (χ0v) is 13.5. The van der Waals surface area contributed by atoms with Crippen LogP contribution in [0.2, 0.25) is 0 Å². The summed E-state index contributed by atoms with van der Waals surface area (Å²) >= 11 is 0. The summed E-state index contributed by atoms with van der Waals surface area (Å²) in [4.78, 5) is 16.1. The highest BCUT2D eigenvalue weighted by atomic mass is 16.6. The first-order valence-electron chi connectivity index (χ1n) is 7.34. The summed E-state index contributed by atoms with van der Waals surface area (Å²) in [5.41, 5.74) is 1.29. The van der Waals surface area contributed by atoms with Crippen LogP contribution in [0.5, 0.6) is 0 Å². The highest BCUT2D eigenvalue weighted by molar-refractivity contribution is 5.67. The van der Waals surface area contributed by atoms with Gasteiger partial charge in [0, 0.05) is 18.5 Å². The number of benzene rings is 1. The van der Waals surface area contributed by atoms with Crippen LogP contribution in [-0.2, 0) is 11.2 Å². The minimum Gasteiger partial charge on any atom is -0.444 e. The summed E-state index contributed by atoms with van der Waals surface area (Å²) in [7, 11) is 0. The average Bonchev–Trinajstić information content (AvgIpc) is 2.79. The van der Waals surface area contributed by atoms with Crippen molar-refractivity contribution in [3.63, 3.8) is 0 Å². The van der Waals surface area contributed by atoms with Crippen LogP contribution in [-0.4, -0.2) is 23.2 Å². The molecule has 0 saturated heterocycles. The summed E-state index contributed by atoms with van der Waals surface area (Å²) in [6, 6.07) is 9.74. The number of hydrogen-bond acceptors (Lipinski definition) is 4. The molecule has 1 aromatic heterocycles. The molecular weight excluding hydrogens is 280 g/mol. The fraction of sp³-hybridized carbons (Fsp3) is 0.412. The fourth-order valence-corrected chi connectivity index (χ4v) is 1.96. The van der Waals surface area contributed by atoms with Crippen LogP contribution in [0.15, 0.2) is 34.7 Å². The normalized spacial score (nSPS) is 11.3. The van der Waals surface area contributed by atoms with Crippen LogP contribution in [0.25, 0.3) is 11.5 Å². The predicted molar refractivity (Wildman–Crippen MR) is 84.6 cm³/mol. The Labute approximate surface area is 130 Å². The number of ether oxygens (including phenoxy) is 1. The van der Waals surface area contributed by atoms with Crippen LogP contribution < -0.4 is 5.32 Å². The number of aromatic nitrogens is 1. The minimum atomic E-state index is -0.492. The zero-order valence-electron chi connectivity index (χ0n) is 13.5. The third kappa shape index (κ3) is 4.62. The van der Waals surface area contributed by atoms with E-state index in [-0.39, 0.29) is 0 Å². The summed E-state index contributed by atoms with van der Waals surface area (Å²) in [6.45, 7) is 7.83. The number of nitrogens with one attached hydrogen (secondary N) is 1. The molecule has 0 aliphatic carbocycles. The lowest BCUT2D eigenvalue weighted by molar-refractivity contribution is 0.0528. The van der Waals surface area contributed by atoms with Crippen molar-refractivity contribution in [3.8, 4) is 11.5 Å². The van der Waals surface area contributed by atoms with Crippen molar-refractivity contribution in [1.82, 2.24) is 10.3 Å². The van der Waals surface area contributed by atoms with E-state index < -0.39 is 11.7 Å². The Bertz CT molecular complexity index is 627. The van der Waals surface area contributed by atoms with Gasteiger partial charge in [-0.15, -0.1) is 0 Å². The molecular formula is C17H22N2O3. The number of aryl methyl sites for hydroxylation is 1. The third-order valence-electron chi connectivity index (χ3n) is 2.94. The molecule has 0 aliphatic rings. The Morgan fingerprint density at radius 1 is 1.27 bits per heavy atom. The van der Waals surface area contributed by atoms with E-state index in [9.17, 15) is 4.79 Å². The maximum atomic E-state index is 11.6. The van der Waals surface area contributed by atoms with Gasteiger partial charge in [0.1, 0.15) is 11.4 Å². The molecule has 0 bridgehead atoms. The van der Waals surface area contributed by atoms with Crippen molar-refractivity contribution in [1.29, 1.82) is 0 Å². The molecule has 22 heavy (non-hydrogen) atoms. The van der Waals surface area contributed by atoms with E-state index in [4.69, 9.17) is 9.15 Å². The smallest absolute Gasteiger partial charge is 0.407 e. The standard InChI is InChI=1S/C17H22N2O3/c1-12-14(10-11-18-16(20)22-17(2,3)4)19-15(21-12)13-8-6-5-7-9-13/h5-9H,10-11H2,1-4H3,(H,18,20). The van der Waals surface area contributed by atoms with Crippen molar-refractivity contribution in [2.45, 2.75) is 39.7 Å². The van der Waals surface area contributed by atoms with E-state index >= 15 is 0 Å². The van der Waals surface area contributed by atoms with Gasteiger partial charge in [-0.25, -0.2) is 9.78 Å². The molecule has 1 aromatic carbocycles. The topological polar surface area (TPSA) is 64.4 Å². The van der Waals surface area contributed by atoms with Crippen LogP contribution in [0, 0.1) is 6.92 Å². The van der Waals surface area contributed by atoms with Crippen LogP contribution in [0.3, 0.4) is 0 Å². The molecule has 0 spiro atoms. The number of rotatable bonds is 4. The van der Waals surface area contributed by atoms with E-state index in [0.717, 1.165) is 17.0 Å². The molecule has 2 aromatic rings. The molecule has 1 amide bonds. The third-order valence-corrected chi connectivity index (χ3v) is 2.94. The van der Waals surface area contributed by atoms with Crippen LogP contribution in [0.1, 0.15) is 32.2 Å². The molecule has 2 rings (SSSR count). The van der Waals surface area contributed by atoms with Gasteiger partial charge >= 0.3 is 6.09 Å². The number of hydrogen-bond donors (Lipinski definition) is 1. The largest absolute Gasteiger partial charge is 0.444 e. The lowest BCUT2D eigenvalue weighted by Crippen LogP contribution is -2.33. The van der Waals surface area contributed by atoms with Gasteiger partial charge in [0.15, 0.2) is 0 Å². The van der Waals surface area contributed by atoms with E-state index in [1.807, 2.05) is 58.0 Å². The Balaban J connectivity index is 1.92. The molecule has 0 fully saturated rings. The SMILES string of the molecule is Cc1oc(-c2ccccc2)nc1CCNC(=O)OC(C)(C)C. The zero-order chi connectivity index (χ0) is 16.2. The number of nitrogens with zero attached hydrogens (tertiary/aromatic N) is 1. The Morgan fingerprint density at radius 2 is 1.95 bits per heavy atom. The fourth-order valence-electron chi connectivity index (χ4n) is 1.96. The molecule has 5 nitrogen and oxygen atoms in total. The second kappa shape index (κ2) is 6.64. The molecule has 1 N–H and O–H groups in total. The second-order valence-electron chi connectivity index (χ2n) is 6.07.